The first-order chi connectivity index (χ1) is 7.76. The standard InChI is InChI=1S/C13H28N2O/c1-3-5-7-11-15(12-8-6-4-2)13(16)9-10-14/h3-12,14H2,1-2H3. The van der Waals surface area contributed by atoms with Crippen LogP contribution in [0, 0.1) is 0 Å². The van der Waals surface area contributed by atoms with E-state index in [2.05, 4.69) is 13.8 Å². The van der Waals surface area contributed by atoms with Crippen molar-refractivity contribution in [2.45, 2.75) is 58.8 Å². The zero-order chi connectivity index (χ0) is 12.2. The third-order valence-corrected chi connectivity index (χ3v) is 2.77. The van der Waals surface area contributed by atoms with E-state index < -0.39 is 0 Å². The minimum atomic E-state index is 0.231. The summed E-state index contributed by atoms with van der Waals surface area (Å²) in [5, 5.41) is 0. The van der Waals surface area contributed by atoms with Gasteiger partial charge in [0.05, 0.1) is 0 Å². The van der Waals surface area contributed by atoms with Crippen molar-refractivity contribution in [3.05, 3.63) is 0 Å². The molecule has 0 heterocycles. The van der Waals surface area contributed by atoms with Crippen LogP contribution in [0.1, 0.15) is 58.8 Å². The number of hydrogen-bond donors (Lipinski definition) is 1. The molecule has 0 rings (SSSR count). The van der Waals surface area contributed by atoms with E-state index in [4.69, 9.17) is 5.73 Å². The van der Waals surface area contributed by atoms with Crippen molar-refractivity contribution < 1.29 is 4.79 Å². The molecule has 0 aliphatic carbocycles. The molecule has 0 saturated heterocycles. The van der Waals surface area contributed by atoms with Crippen LogP contribution in [-0.2, 0) is 4.79 Å². The Kier molecular flexibility index (Phi) is 10.5. The van der Waals surface area contributed by atoms with Crippen LogP contribution in [-0.4, -0.2) is 30.4 Å². The summed E-state index contributed by atoms with van der Waals surface area (Å²) in [6.45, 7) is 6.66. The molecule has 0 spiro atoms. The fourth-order valence-electron chi connectivity index (χ4n) is 1.75. The van der Waals surface area contributed by atoms with Crippen LogP contribution in [0.25, 0.3) is 0 Å². The molecule has 96 valence electrons. The zero-order valence-corrected chi connectivity index (χ0v) is 11.0. The van der Waals surface area contributed by atoms with Gasteiger partial charge in [-0.1, -0.05) is 39.5 Å². The molecule has 0 unspecified atom stereocenters. The lowest BCUT2D eigenvalue weighted by Crippen LogP contribution is -2.34. The van der Waals surface area contributed by atoms with Gasteiger partial charge in [0.15, 0.2) is 0 Å². The summed E-state index contributed by atoms with van der Waals surface area (Å²) >= 11 is 0. The van der Waals surface area contributed by atoms with Crippen LogP contribution in [0.2, 0.25) is 0 Å². The van der Waals surface area contributed by atoms with Crippen LogP contribution < -0.4 is 5.73 Å². The minimum Gasteiger partial charge on any atom is -0.343 e. The first-order valence-electron chi connectivity index (χ1n) is 6.74. The van der Waals surface area contributed by atoms with Gasteiger partial charge in [-0.25, -0.2) is 0 Å². The second-order valence-corrected chi connectivity index (χ2v) is 4.33. The maximum atomic E-state index is 11.8. The lowest BCUT2D eigenvalue weighted by Gasteiger charge is -2.22. The molecule has 0 aromatic rings. The van der Waals surface area contributed by atoms with Crippen molar-refractivity contribution in [3.8, 4) is 0 Å². The van der Waals surface area contributed by atoms with Crippen molar-refractivity contribution in [1.29, 1.82) is 0 Å². The predicted molar refractivity (Wildman–Crippen MR) is 69.3 cm³/mol. The van der Waals surface area contributed by atoms with E-state index in [1.807, 2.05) is 4.90 Å². The number of hydrogen-bond acceptors (Lipinski definition) is 2. The molecule has 0 fully saturated rings. The van der Waals surface area contributed by atoms with Crippen molar-refractivity contribution in [3.63, 3.8) is 0 Å². The monoisotopic (exact) mass is 228 g/mol. The van der Waals surface area contributed by atoms with E-state index >= 15 is 0 Å². The first-order valence-corrected chi connectivity index (χ1v) is 6.74. The number of unbranched alkanes of at least 4 members (excludes halogenated alkanes) is 4. The highest BCUT2D eigenvalue weighted by Crippen LogP contribution is 2.04. The van der Waals surface area contributed by atoms with Crippen LogP contribution in [0.3, 0.4) is 0 Å². The van der Waals surface area contributed by atoms with Gasteiger partial charge in [-0.2, -0.15) is 0 Å². The minimum absolute atomic E-state index is 0.231. The van der Waals surface area contributed by atoms with Crippen LogP contribution in [0.5, 0.6) is 0 Å². The molecule has 0 radical (unpaired) electrons. The Morgan fingerprint density at radius 3 is 1.88 bits per heavy atom. The Bertz CT molecular complexity index is 161. The Hall–Kier alpha value is -0.570. The molecule has 0 aliphatic heterocycles. The highest BCUT2D eigenvalue weighted by molar-refractivity contribution is 5.76. The van der Waals surface area contributed by atoms with Crippen LogP contribution >= 0.6 is 0 Å². The summed E-state index contributed by atoms with van der Waals surface area (Å²) in [4.78, 5) is 13.8. The molecule has 0 atom stereocenters. The summed E-state index contributed by atoms with van der Waals surface area (Å²) < 4.78 is 0. The maximum Gasteiger partial charge on any atom is 0.223 e. The fraction of sp³-hybridized carbons (Fsp3) is 0.923. The molecular weight excluding hydrogens is 200 g/mol. The molecular formula is C13H28N2O. The number of amides is 1. The van der Waals surface area contributed by atoms with Crippen molar-refractivity contribution in [1.82, 2.24) is 4.90 Å². The fourth-order valence-corrected chi connectivity index (χ4v) is 1.75. The first kappa shape index (κ1) is 15.4. The smallest absolute Gasteiger partial charge is 0.223 e. The maximum absolute atomic E-state index is 11.8. The second kappa shape index (κ2) is 10.9. The molecule has 2 N–H and O–H groups in total. The largest absolute Gasteiger partial charge is 0.343 e. The highest BCUT2D eigenvalue weighted by atomic mass is 16.2. The summed E-state index contributed by atoms with van der Waals surface area (Å²) in [6, 6.07) is 0. The van der Waals surface area contributed by atoms with E-state index in [1.165, 1.54) is 25.7 Å². The summed E-state index contributed by atoms with van der Waals surface area (Å²) in [5.41, 5.74) is 5.43. The van der Waals surface area contributed by atoms with Gasteiger partial charge in [0, 0.05) is 26.1 Å². The van der Waals surface area contributed by atoms with Crippen molar-refractivity contribution in [2.75, 3.05) is 19.6 Å². The Labute approximate surface area is 100 Å². The molecule has 0 saturated carbocycles. The average molecular weight is 228 g/mol. The molecule has 3 heteroatoms. The normalized spacial score (nSPS) is 10.4. The molecule has 1 amide bonds. The van der Waals surface area contributed by atoms with Gasteiger partial charge >= 0.3 is 0 Å². The van der Waals surface area contributed by atoms with Gasteiger partial charge in [0.2, 0.25) is 5.91 Å². The average Bonchev–Trinajstić information content (AvgIpc) is 2.28. The number of nitrogens with zero attached hydrogens (tertiary/aromatic N) is 1. The van der Waals surface area contributed by atoms with E-state index in [0.717, 1.165) is 25.9 Å². The molecule has 0 aromatic carbocycles. The molecule has 16 heavy (non-hydrogen) atoms. The third kappa shape index (κ3) is 7.69. The van der Waals surface area contributed by atoms with Crippen LogP contribution in [0.15, 0.2) is 0 Å². The van der Waals surface area contributed by atoms with Gasteiger partial charge in [-0.15, -0.1) is 0 Å². The molecule has 0 bridgehead atoms. The molecule has 0 aromatic heterocycles. The van der Waals surface area contributed by atoms with Gasteiger partial charge in [-0.05, 0) is 12.8 Å². The van der Waals surface area contributed by atoms with Gasteiger partial charge < -0.3 is 10.6 Å². The second-order valence-electron chi connectivity index (χ2n) is 4.33. The summed E-state index contributed by atoms with van der Waals surface area (Å²) in [7, 11) is 0. The van der Waals surface area contributed by atoms with E-state index in [-0.39, 0.29) is 5.91 Å². The number of rotatable bonds is 10. The van der Waals surface area contributed by atoms with Crippen LogP contribution in [0.4, 0.5) is 0 Å². The predicted octanol–water partition coefficient (Wildman–Crippen LogP) is 2.54. The van der Waals surface area contributed by atoms with Crippen molar-refractivity contribution >= 4 is 5.91 Å². The van der Waals surface area contributed by atoms with Gasteiger partial charge in [0.1, 0.15) is 0 Å². The molecule has 3 nitrogen and oxygen atoms in total. The topological polar surface area (TPSA) is 46.3 Å². The zero-order valence-electron chi connectivity index (χ0n) is 11.0. The van der Waals surface area contributed by atoms with Gasteiger partial charge in [0.25, 0.3) is 0 Å². The summed E-state index contributed by atoms with van der Waals surface area (Å²) in [6.07, 6.45) is 7.57. The van der Waals surface area contributed by atoms with E-state index in [1.54, 1.807) is 0 Å². The lowest BCUT2D eigenvalue weighted by molar-refractivity contribution is -0.131. The van der Waals surface area contributed by atoms with Crippen molar-refractivity contribution in [2.24, 2.45) is 5.73 Å². The van der Waals surface area contributed by atoms with Gasteiger partial charge in [-0.3, -0.25) is 4.79 Å². The highest BCUT2D eigenvalue weighted by Gasteiger charge is 2.11. The number of nitrogens with two attached hydrogens (primary N) is 1. The quantitative estimate of drug-likeness (QED) is 0.584. The lowest BCUT2D eigenvalue weighted by atomic mass is 10.2. The molecule has 0 aliphatic rings. The Balaban J connectivity index is 3.89. The number of carbonyl (C=O) groups excluding carboxylic acids is 1. The Morgan fingerprint density at radius 2 is 1.50 bits per heavy atom. The third-order valence-electron chi connectivity index (χ3n) is 2.77. The SMILES string of the molecule is CCCCCN(CCCCC)C(=O)CCN. The van der Waals surface area contributed by atoms with E-state index in [9.17, 15) is 4.79 Å². The van der Waals surface area contributed by atoms with E-state index in [0.29, 0.717) is 13.0 Å². The number of carbonyl (C=O) groups is 1. The Morgan fingerprint density at radius 1 is 1.00 bits per heavy atom. The summed E-state index contributed by atoms with van der Waals surface area (Å²) in [5.74, 6) is 0.231.